The third kappa shape index (κ3) is 3.89. The number of carbonyl (C=O) groups excluding carboxylic acids is 1. The van der Waals surface area contributed by atoms with Crippen LogP contribution in [0.15, 0.2) is 48.5 Å². The summed E-state index contributed by atoms with van der Waals surface area (Å²) >= 11 is 1.62. The van der Waals surface area contributed by atoms with Crippen LogP contribution in [0, 0.1) is 6.92 Å². The van der Waals surface area contributed by atoms with Crippen LogP contribution >= 0.6 is 11.3 Å². The second-order valence-corrected chi connectivity index (χ2v) is 7.11. The highest BCUT2D eigenvalue weighted by Gasteiger charge is 2.09. The molecule has 2 aromatic carbocycles. The molecule has 4 heteroatoms. The fourth-order valence-corrected chi connectivity index (χ4v) is 3.68. The number of benzene rings is 2. The minimum absolute atomic E-state index is 0.107. The topological polar surface area (TPSA) is 54.4 Å². The first kappa shape index (κ1) is 16.4. The van der Waals surface area contributed by atoms with E-state index in [4.69, 9.17) is 5.11 Å². The molecule has 0 atom stereocenters. The fourth-order valence-electron chi connectivity index (χ4n) is 2.64. The van der Waals surface area contributed by atoms with E-state index in [1.54, 1.807) is 11.3 Å². The Balaban J connectivity index is 1.76. The Morgan fingerprint density at radius 2 is 1.79 bits per heavy atom. The van der Waals surface area contributed by atoms with E-state index in [-0.39, 0.29) is 12.2 Å². The smallest absolute Gasteiger partial charge is 0.303 e. The van der Waals surface area contributed by atoms with Gasteiger partial charge in [0.2, 0.25) is 0 Å². The number of aliphatic carboxylic acids is 1. The van der Waals surface area contributed by atoms with Gasteiger partial charge in [0, 0.05) is 21.6 Å². The van der Waals surface area contributed by atoms with Crippen molar-refractivity contribution < 1.29 is 14.7 Å². The zero-order valence-electron chi connectivity index (χ0n) is 13.4. The van der Waals surface area contributed by atoms with E-state index in [1.165, 1.54) is 0 Å². The SMILES string of the molecule is Cc1ccc(C(=O)Cc2ccc3sc(CCC(=O)O)cc3c2)cc1. The molecule has 3 nitrogen and oxygen atoms in total. The van der Waals surface area contributed by atoms with Gasteiger partial charge in [-0.25, -0.2) is 0 Å². The lowest BCUT2D eigenvalue weighted by atomic mass is 10.0. The van der Waals surface area contributed by atoms with Gasteiger partial charge in [-0.3, -0.25) is 9.59 Å². The van der Waals surface area contributed by atoms with Gasteiger partial charge in [0.05, 0.1) is 6.42 Å². The number of carbonyl (C=O) groups is 2. The van der Waals surface area contributed by atoms with Gasteiger partial charge in [-0.2, -0.15) is 0 Å². The molecule has 0 bridgehead atoms. The van der Waals surface area contributed by atoms with Gasteiger partial charge in [-0.1, -0.05) is 35.9 Å². The zero-order chi connectivity index (χ0) is 17.1. The summed E-state index contributed by atoms with van der Waals surface area (Å²) in [4.78, 5) is 24.1. The molecule has 0 radical (unpaired) electrons. The summed E-state index contributed by atoms with van der Waals surface area (Å²) in [5.41, 5.74) is 2.85. The van der Waals surface area contributed by atoms with Crippen molar-refractivity contribution in [3.8, 4) is 0 Å². The van der Waals surface area contributed by atoms with Gasteiger partial charge in [-0.15, -0.1) is 11.3 Å². The number of carboxylic acids is 1. The number of carboxylic acid groups (broad SMARTS) is 1. The Kier molecular flexibility index (Phi) is 4.76. The Morgan fingerprint density at radius 1 is 1.04 bits per heavy atom. The van der Waals surface area contributed by atoms with Crippen molar-refractivity contribution in [3.05, 3.63) is 70.1 Å². The molecule has 1 heterocycles. The average molecular weight is 338 g/mol. The Bertz CT molecular complexity index is 891. The van der Waals surface area contributed by atoms with Gasteiger partial charge in [0.15, 0.2) is 5.78 Å². The molecule has 1 aromatic heterocycles. The molecule has 3 rings (SSSR count). The lowest BCUT2D eigenvalue weighted by Gasteiger charge is -2.02. The first-order valence-corrected chi connectivity index (χ1v) is 8.66. The maximum atomic E-state index is 12.4. The van der Waals surface area contributed by atoms with E-state index in [1.807, 2.05) is 55.5 Å². The van der Waals surface area contributed by atoms with Gasteiger partial charge in [0.1, 0.15) is 0 Å². The molecule has 0 unspecified atom stereocenters. The molecule has 0 saturated heterocycles. The molecule has 0 aliphatic carbocycles. The van der Waals surface area contributed by atoms with E-state index >= 15 is 0 Å². The Morgan fingerprint density at radius 3 is 2.50 bits per heavy atom. The minimum Gasteiger partial charge on any atom is -0.481 e. The lowest BCUT2D eigenvalue weighted by Crippen LogP contribution is -2.03. The molecule has 0 saturated carbocycles. The number of rotatable bonds is 6. The molecule has 122 valence electrons. The second kappa shape index (κ2) is 6.97. The van der Waals surface area contributed by atoms with Gasteiger partial charge < -0.3 is 5.11 Å². The number of ketones is 1. The standard InChI is InChI=1S/C20H18O3S/c1-13-2-5-15(6-3-13)18(21)11-14-4-8-19-16(10-14)12-17(24-19)7-9-20(22)23/h2-6,8,10,12H,7,9,11H2,1H3,(H,22,23). The van der Waals surface area contributed by atoms with Crippen LogP contribution in [-0.2, 0) is 17.6 Å². The highest BCUT2D eigenvalue weighted by atomic mass is 32.1. The number of hydrogen-bond donors (Lipinski definition) is 1. The molecule has 0 fully saturated rings. The third-order valence-electron chi connectivity index (χ3n) is 3.96. The van der Waals surface area contributed by atoms with Crippen molar-refractivity contribution in [1.82, 2.24) is 0 Å². The van der Waals surface area contributed by atoms with Crippen LogP contribution in [0.1, 0.15) is 32.8 Å². The highest BCUT2D eigenvalue weighted by molar-refractivity contribution is 7.19. The van der Waals surface area contributed by atoms with E-state index in [2.05, 4.69) is 0 Å². The molecule has 1 N–H and O–H groups in total. The number of Topliss-reactive ketones (excluding diaryl/α,β-unsaturated/α-hetero) is 1. The highest BCUT2D eigenvalue weighted by Crippen LogP contribution is 2.28. The summed E-state index contributed by atoms with van der Waals surface area (Å²) in [5.74, 6) is -0.674. The van der Waals surface area contributed by atoms with Crippen molar-refractivity contribution in [2.45, 2.75) is 26.2 Å². The summed E-state index contributed by atoms with van der Waals surface area (Å²) in [6, 6.07) is 15.7. The maximum absolute atomic E-state index is 12.4. The van der Waals surface area contributed by atoms with E-state index in [9.17, 15) is 9.59 Å². The van der Waals surface area contributed by atoms with E-state index in [0.29, 0.717) is 12.8 Å². The number of hydrogen-bond acceptors (Lipinski definition) is 3. The molecule has 0 amide bonds. The number of fused-ring (bicyclic) bond motifs is 1. The molecule has 0 spiro atoms. The van der Waals surface area contributed by atoms with Crippen LogP contribution in [0.4, 0.5) is 0 Å². The summed E-state index contributed by atoms with van der Waals surface area (Å²) in [6.07, 6.45) is 1.07. The average Bonchev–Trinajstić information content (AvgIpc) is 2.95. The van der Waals surface area contributed by atoms with Crippen LogP contribution < -0.4 is 0 Å². The minimum atomic E-state index is -0.781. The number of aryl methyl sites for hydroxylation is 2. The van der Waals surface area contributed by atoms with Crippen molar-refractivity contribution in [1.29, 1.82) is 0 Å². The molecule has 3 aromatic rings. The van der Waals surface area contributed by atoms with Crippen LogP contribution in [-0.4, -0.2) is 16.9 Å². The van der Waals surface area contributed by atoms with Crippen molar-refractivity contribution in [3.63, 3.8) is 0 Å². The Labute approximate surface area is 144 Å². The molecular weight excluding hydrogens is 320 g/mol. The maximum Gasteiger partial charge on any atom is 0.303 e. The molecule has 0 aliphatic rings. The van der Waals surface area contributed by atoms with Crippen LogP contribution in [0.5, 0.6) is 0 Å². The third-order valence-corrected chi connectivity index (χ3v) is 5.13. The first-order chi connectivity index (χ1) is 11.5. The monoisotopic (exact) mass is 338 g/mol. The second-order valence-electron chi connectivity index (χ2n) is 5.94. The Hall–Kier alpha value is -2.46. The van der Waals surface area contributed by atoms with Crippen LogP contribution in [0.2, 0.25) is 0 Å². The van der Waals surface area contributed by atoms with Gasteiger partial charge in [-0.05, 0) is 42.5 Å². The predicted octanol–water partition coefficient (Wildman–Crippen LogP) is 4.65. The first-order valence-electron chi connectivity index (χ1n) is 7.84. The van der Waals surface area contributed by atoms with E-state index < -0.39 is 5.97 Å². The molecule has 24 heavy (non-hydrogen) atoms. The predicted molar refractivity (Wildman–Crippen MR) is 97.0 cm³/mol. The van der Waals surface area contributed by atoms with Crippen LogP contribution in [0.25, 0.3) is 10.1 Å². The lowest BCUT2D eigenvalue weighted by molar-refractivity contribution is -0.136. The van der Waals surface area contributed by atoms with Crippen molar-refractivity contribution in [2.24, 2.45) is 0 Å². The fraction of sp³-hybridized carbons (Fsp3) is 0.200. The summed E-state index contributed by atoms with van der Waals surface area (Å²) in [6.45, 7) is 2.00. The molecular formula is C20H18O3S. The number of thiophene rings is 1. The zero-order valence-corrected chi connectivity index (χ0v) is 14.2. The quantitative estimate of drug-likeness (QED) is 0.666. The summed E-state index contributed by atoms with van der Waals surface area (Å²) in [7, 11) is 0. The van der Waals surface area contributed by atoms with Gasteiger partial charge >= 0.3 is 5.97 Å². The summed E-state index contributed by atoms with van der Waals surface area (Å²) < 4.78 is 1.13. The van der Waals surface area contributed by atoms with Gasteiger partial charge in [0.25, 0.3) is 0 Å². The van der Waals surface area contributed by atoms with Crippen LogP contribution in [0.3, 0.4) is 0 Å². The van der Waals surface area contributed by atoms with Crippen molar-refractivity contribution >= 4 is 33.2 Å². The van der Waals surface area contributed by atoms with E-state index in [0.717, 1.165) is 31.7 Å². The largest absolute Gasteiger partial charge is 0.481 e. The summed E-state index contributed by atoms with van der Waals surface area (Å²) in [5, 5.41) is 9.86. The van der Waals surface area contributed by atoms with Crippen molar-refractivity contribution in [2.75, 3.05) is 0 Å². The molecule has 0 aliphatic heterocycles. The normalized spacial score (nSPS) is 10.9.